The zero-order chi connectivity index (χ0) is 12.4. The first-order chi connectivity index (χ1) is 8.08. The number of halogens is 2. The average Bonchev–Trinajstić information content (AvgIpc) is 2.33. The van der Waals surface area contributed by atoms with E-state index in [1.807, 2.05) is 0 Å². The molecular weight excluding hydrogens is 222 g/mol. The Labute approximate surface area is 97.7 Å². The van der Waals surface area contributed by atoms with Crippen molar-refractivity contribution in [2.75, 3.05) is 0 Å². The maximum atomic E-state index is 13.1. The minimum Gasteiger partial charge on any atom is -0.289 e. The molecule has 0 saturated carbocycles. The molecule has 0 spiro atoms. The molecule has 0 bridgehead atoms. The lowest BCUT2D eigenvalue weighted by Crippen LogP contribution is -2.02. The molecule has 0 atom stereocenters. The summed E-state index contributed by atoms with van der Waals surface area (Å²) in [5.74, 6) is -0.981. The molecule has 0 aliphatic rings. The zero-order valence-electron chi connectivity index (χ0n) is 9.21. The van der Waals surface area contributed by atoms with E-state index in [9.17, 15) is 13.6 Å². The molecule has 86 valence electrons. The van der Waals surface area contributed by atoms with Gasteiger partial charge in [-0.25, -0.2) is 8.78 Å². The Morgan fingerprint density at radius 3 is 2.12 bits per heavy atom. The number of carbonyl (C=O) groups excluding carboxylic acids is 1. The summed E-state index contributed by atoms with van der Waals surface area (Å²) in [6.45, 7) is 1.59. The van der Waals surface area contributed by atoms with E-state index in [0.717, 1.165) is 0 Å². The molecule has 2 aromatic carbocycles. The van der Waals surface area contributed by atoms with E-state index in [4.69, 9.17) is 0 Å². The van der Waals surface area contributed by atoms with Crippen molar-refractivity contribution in [2.24, 2.45) is 0 Å². The van der Waals surface area contributed by atoms with Crippen LogP contribution in [0.25, 0.3) is 0 Å². The normalized spacial score (nSPS) is 10.3. The highest BCUT2D eigenvalue weighted by atomic mass is 19.1. The van der Waals surface area contributed by atoms with Crippen LogP contribution >= 0.6 is 0 Å². The smallest absolute Gasteiger partial charge is 0.193 e. The van der Waals surface area contributed by atoms with Crippen LogP contribution in [-0.2, 0) is 0 Å². The summed E-state index contributed by atoms with van der Waals surface area (Å²) in [6.07, 6.45) is 0. The number of hydrogen-bond donors (Lipinski definition) is 0. The Bertz CT molecular complexity index is 559. The predicted molar refractivity (Wildman–Crippen MR) is 61.0 cm³/mol. The van der Waals surface area contributed by atoms with Gasteiger partial charge in [-0.15, -0.1) is 0 Å². The molecule has 0 radical (unpaired) electrons. The second-order valence-electron chi connectivity index (χ2n) is 3.80. The van der Waals surface area contributed by atoms with Crippen LogP contribution in [0.5, 0.6) is 0 Å². The number of ketones is 1. The molecule has 17 heavy (non-hydrogen) atoms. The number of rotatable bonds is 2. The lowest BCUT2D eigenvalue weighted by atomic mass is 10.0. The fraction of sp³-hybridized carbons (Fsp3) is 0.0714. The van der Waals surface area contributed by atoms with Crippen LogP contribution in [0.3, 0.4) is 0 Å². The summed E-state index contributed by atoms with van der Waals surface area (Å²) >= 11 is 0. The maximum absolute atomic E-state index is 13.1. The van der Waals surface area contributed by atoms with Crippen LogP contribution < -0.4 is 0 Å². The highest BCUT2D eigenvalue weighted by Gasteiger charge is 2.10. The molecule has 0 N–H and O–H groups in total. The molecule has 3 heteroatoms. The van der Waals surface area contributed by atoms with Crippen molar-refractivity contribution in [2.45, 2.75) is 6.92 Å². The van der Waals surface area contributed by atoms with E-state index in [1.54, 1.807) is 6.92 Å². The number of benzene rings is 2. The molecule has 1 nitrogen and oxygen atoms in total. The first-order valence-electron chi connectivity index (χ1n) is 5.14. The number of aryl methyl sites for hydroxylation is 1. The van der Waals surface area contributed by atoms with E-state index in [2.05, 4.69) is 0 Å². The van der Waals surface area contributed by atoms with Crippen molar-refractivity contribution in [1.29, 1.82) is 0 Å². The van der Waals surface area contributed by atoms with E-state index < -0.39 is 5.82 Å². The van der Waals surface area contributed by atoms with Gasteiger partial charge in [0.05, 0.1) is 0 Å². The van der Waals surface area contributed by atoms with Crippen molar-refractivity contribution < 1.29 is 13.6 Å². The molecule has 0 aliphatic heterocycles. The van der Waals surface area contributed by atoms with Crippen molar-refractivity contribution in [3.05, 3.63) is 70.8 Å². The fourth-order valence-electron chi connectivity index (χ4n) is 1.55. The van der Waals surface area contributed by atoms with Crippen LogP contribution in [-0.4, -0.2) is 5.78 Å². The maximum Gasteiger partial charge on any atom is 0.193 e. The minimum atomic E-state index is -0.392. The zero-order valence-corrected chi connectivity index (χ0v) is 9.21. The third kappa shape index (κ3) is 2.38. The Kier molecular flexibility index (Phi) is 3.00. The van der Waals surface area contributed by atoms with Crippen LogP contribution in [0, 0.1) is 18.6 Å². The summed E-state index contributed by atoms with van der Waals surface area (Å²) in [5.41, 5.74) is 1.20. The highest BCUT2D eigenvalue weighted by molar-refractivity contribution is 6.09. The van der Waals surface area contributed by atoms with Crippen molar-refractivity contribution in [3.63, 3.8) is 0 Å². The van der Waals surface area contributed by atoms with Crippen molar-refractivity contribution in [1.82, 2.24) is 0 Å². The molecule has 0 amide bonds. The molecular formula is C14H10F2O. The van der Waals surface area contributed by atoms with Gasteiger partial charge in [0.15, 0.2) is 5.78 Å². The molecule has 0 aliphatic carbocycles. The Hall–Kier alpha value is -2.03. The van der Waals surface area contributed by atoms with Gasteiger partial charge in [0, 0.05) is 11.1 Å². The van der Waals surface area contributed by atoms with E-state index in [-0.39, 0.29) is 11.6 Å². The molecule has 2 rings (SSSR count). The van der Waals surface area contributed by atoms with Crippen LogP contribution in [0.1, 0.15) is 21.5 Å². The van der Waals surface area contributed by atoms with Gasteiger partial charge in [-0.3, -0.25) is 4.79 Å². The number of hydrogen-bond acceptors (Lipinski definition) is 1. The largest absolute Gasteiger partial charge is 0.289 e. The minimum absolute atomic E-state index is 0.242. The van der Waals surface area contributed by atoms with E-state index in [1.165, 1.54) is 42.5 Å². The molecule has 0 aromatic heterocycles. The summed E-state index contributed by atoms with van der Waals surface area (Å²) in [6, 6.07) is 9.45. The van der Waals surface area contributed by atoms with Gasteiger partial charge in [-0.2, -0.15) is 0 Å². The SMILES string of the molecule is Cc1cc(C(=O)c2ccc(F)cc2)ccc1F. The molecule has 2 aromatic rings. The second kappa shape index (κ2) is 4.45. The highest BCUT2D eigenvalue weighted by Crippen LogP contribution is 2.14. The summed E-state index contributed by atoms with van der Waals surface area (Å²) < 4.78 is 25.8. The van der Waals surface area contributed by atoms with Crippen LogP contribution in [0.2, 0.25) is 0 Å². The van der Waals surface area contributed by atoms with E-state index in [0.29, 0.717) is 16.7 Å². The molecule has 0 heterocycles. The van der Waals surface area contributed by atoms with Crippen LogP contribution in [0.15, 0.2) is 42.5 Å². The molecule has 0 unspecified atom stereocenters. The molecule has 0 saturated heterocycles. The van der Waals surface area contributed by atoms with Gasteiger partial charge in [0.2, 0.25) is 0 Å². The van der Waals surface area contributed by atoms with Crippen molar-refractivity contribution >= 4 is 5.78 Å². The second-order valence-corrected chi connectivity index (χ2v) is 3.80. The topological polar surface area (TPSA) is 17.1 Å². The molecule has 0 fully saturated rings. The van der Waals surface area contributed by atoms with E-state index >= 15 is 0 Å². The summed E-state index contributed by atoms with van der Waals surface area (Å²) in [7, 11) is 0. The number of carbonyl (C=O) groups is 1. The lowest BCUT2D eigenvalue weighted by Gasteiger charge is -2.03. The lowest BCUT2D eigenvalue weighted by molar-refractivity contribution is 0.103. The van der Waals surface area contributed by atoms with Gasteiger partial charge in [-0.1, -0.05) is 0 Å². The third-order valence-electron chi connectivity index (χ3n) is 2.53. The first-order valence-corrected chi connectivity index (χ1v) is 5.14. The van der Waals surface area contributed by atoms with Gasteiger partial charge >= 0.3 is 0 Å². The predicted octanol–water partition coefficient (Wildman–Crippen LogP) is 3.50. The standard InChI is InChI=1S/C14H10F2O/c1-9-8-11(4-7-13(9)16)14(17)10-2-5-12(15)6-3-10/h2-8H,1H3. The Morgan fingerprint density at radius 2 is 1.53 bits per heavy atom. The first kappa shape index (κ1) is 11.5. The van der Waals surface area contributed by atoms with Gasteiger partial charge in [0.1, 0.15) is 11.6 Å². The van der Waals surface area contributed by atoms with Gasteiger partial charge < -0.3 is 0 Å². The van der Waals surface area contributed by atoms with Gasteiger partial charge in [-0.05, 0) is 55.0 Å². The fourth-order valence-corrected chi connectivity index (χ4v) is 1.55. The average molecular weight is 232 g/mol. The summed E-state index contributed by atoms with van der Waals surface area (Å²) in [5, 5.41) is 0. The summed E-state index contributed by atoms with van der Waals surface area (Å²) in [4.78, 5) is 12.0. The van der Waals surface area contributed by atoms with Gasteiger partial charge in [0.25, 0.3) is 0 Å². The quantitative estimate of drug-likeness (QED) is 0.724. The monoisotopic (exact) mass is 232 g/mol. The third-order valence-corrected chi connectivity index (χ3v) is 2.53. The van der Waals surface area contributed by atoms with Crippen LogP contribution in [0.4, 0.5) is 8.78 Å². The Morgan fingerprint density at radius 1 is 0.941 bits per heavy atom. The van der Waals surface area contributed by atoms with Crippen molar-refractivity contribution in [3.8, 4) is 0 Å². The Balaban J connectivity index is 2.37.